The van der Waals surface area contributed by atoms with Gasteiger partial charge in [-0.3, -0.25) is 19.0 Å². The number of aryl methyl sites for hydroxylation is 1. The normalized spacial score (nSPS) is 12.7. The minimum atomic E-state index is -0.543. The molecule has 5 heterocycles. The van der Waals surface area contributed by atoms with Crippen molar-refractivity contribution in [1.82, 2.24) is 34.7 Å². The van der Waals surface area contributed by atoms with Crippen molar-refractivity contribution in [1.29, 1.82) is 0 Å². The topological polar surface area (TPSA) is 186 Å². The monoisotopic (exact) mass is 915 g/mol. The summed E-state index contributed by atoms with van der Waals surface area (Å²) in [6.45, 7) is 26.7. The third-order valence-corrected chi connectivity index (χ3v) is 10.3. The third-order valence-electron chi connectivity index (χ3n) is 9.36. The first-order valence-electron chi connectivity index (χ1n) is 22.1. The maximum atomic E-state index is 13.3. The zero-order valence-electron chi connectivity index (χ0n) is 39.6. The molecule has 4 N–H and O–H groups in total. The molecule has 66 heavy (non-hydrogen) atoms. The summed E-state index contributed by atoms with van der Waals surface area (Å²) < 4.78 is 12.8. The fourth-order valence-corrected chi connectivity index (χ4v) is 7.09. The number of aromatic nitrogens is 5. The minimum absolute atomic E-state index is 0.0235. The van der Waals surface area contributed by atoms with Crippen molar-refractivity contribution in [3.05, 3.63) is 120 Å². The Bertz CT molecular complexity index is 2550. The number of ether oxygens (including phenoxy) is 1. The Kier molecular flexibility index (Phi) is 22.6. The first kappa shape index (κ1) is 53.3. The van der Waals surface area contributed by atoms with Gasteiger partial charge in [-0.1, -0.05) is 95.0 Å². The van der Waals surface area contributed by atoms with Crippen LogP contribution in [0, 0.1) is 18.8 Å². The van der Waals surface area contributed by atoms with Crippen LogP contribution in [-0.4, -0.2) is 72.2 Å². The fraction of sp³-hybridized carbons (Fsp3) is 0.353. The van der Waals surface area contributed by atoms with Crippen LogP contribution in [0.3, 0.4) is 0 Å². The van der Waals surface area contributed by atoms with Gasteiger partial charge in [-0.15, -0.1) is 17.9 Å². The molecule has 1 aliphatic rings. The molecule has 0 saturated carbocycles. The quantitative estimate of drug-likeness (QED) is 0.0462. The number of anilines is 1. The zero-order chi connectivity index (χ0) is 48.6. The lowest BCUT2D eigenvalue weighted by molar-refractivity contribution is -0.138. The van der Waals surface area contributed by atoms with E-state index in [1.54, 1.807) is 70.3 Å². The molecule has 0 bridgehead atoms. The van der Waals surface area contributed by atoms with Crippen LogP contribution in [0.1, 0.15) is 109 Å². The molecule has 0 spiro atoms. The van der Waals surface area contributed by atoms with Gasteiger partial charge in [-0.05, 0) is 82.1 Å². The number of nitrogens with one attached hydrogen (secondary N) is 1. The van der Waals surface area contributed by atoms with Gasteiger partial charge in [0.2, 0.25) is 17.6 Å². The lowest BCUT2D eigenvalue weighted by atomic mass is 10.0. The van der Waals surface area contributed by atoms with E-state index < -0.39 is 6.04 Å². The number of imidazole rings is 1. The third kappa shape index (κ3) is 15.9. The molecule has 15 heteroatoms. The summed E-state index contributed by atoms with van der Waals surface area (Å²) in [5, 5.41) is 17.2. The molecule has 1 aliphatic heterocycles. The van der Waals surface area contributed by atoms with Crippen LogP contribution in [0.25, 0.3) is 27.5 Å². The van der Waals surface area contributed by atoms with Crippen LogP contribution in [0.5, 0.6) is 11.6 Å². The molecule has 1 fully saturated rings. The van der Waals surface area contributed by atoms with E-state index in [9.17, 15) is 14.7 Å². The number of nitrogens with zero attached hydrogens (tertiary/aromatic N) is 7. The molecular weight excluding hydrogens is 851 g/mol. The number of phenolic OH excluding ortho intramolecular Hbond substituents is 1. The second kappa shape index (κ2) is 28.0. The number of aromatic hydroxyl groups is 1. The summed E-state index contributed by atoms with van der Waals surface area (Å²) in [7, 11) is 0. The number of allylic oxidation sites excluding steroid dienone is 2. The number of likely N-dealkylation sites (tertiary alicyclic amines) is 1. The van der Waals surface area contributed by atoms with E-state index in [-0.39, 0.29) is 41.7 Å². The number of nitrogen functional groups attached to an aromatic ring is 1. The number of benzene rings is 2. The van der Waals surface area contributed by atoms with E-state index >= 15 is 0 Å². The molecule has 2 amide bonds. The summed E-state index contributed by atoms with van der Waals surface area (Å²) in [5.74, 6) is 7.23. The first-order valence-corrected chi connectivity index (χ1v) is 23.0. The summed E-state index contributed by atoms with van der Waals surface area (Å²) in [6.07, 6.45) is 9.00. The predicted molar refractivity (Wildman–Crippen MR) is 267 cm³/mol. The number of para-hydroxylation sites is 1. The van der Waals surface area contributed by atoms with Crippen LogP contribution in [0.4, 0.5) is 5.82 Å². The number of phenols is 1. The van der Waals surface area contributed by atoms with Crippen LogP contribution in [0.2, 0.25) is 0 Å². The Morgan fingerprint density at radius 1 is 1.15 bits per heavy atom. The molecule has 14 nitrogen and oxygen atoms in total. The van der Waals surface area contributed by atoms with Gasteiger partial charge in [0.1, 0.15) is 23.4 Å². The van der Waals surface area contributed by atoms with Gasteiger partial charge in [0.25, 0.3) is 5.88 Å². The molecule has 0 radical (unpaired) electrons. The van der Waals surface area contributed by atoms with Gasteiger partial charge >= 0.3 is 0 Å². The van der Waals surface area contributed by atoms with Crippen LogP contribution >= 0.6 is 11.3 Å². The molecule has 2 aromatic carbocycles. The van der Waals surface area contributed by atoms with E-state index in [4.69, 9.17) is 15.0 Å². The molecule has 7 rings (SSSR count). The average molecular weight is 916 g/mol. The molecule has 350 valence electrons. The van der Waals surface area contributed by atoms with Crippen molar-refractivity contribution in [2.75, 3.05) is 18.9 Å². The Hall–Kier alpha value is -7.05. The number of unbranched alkanes of at least 4 members (excludes halogenated alkanes) is 1. The van der Waals surface area contributed by atoms with Gasteiger partial charge < -0.3 is 30.3 Å². The number of rotatable bonds is 12. The number of aliphatic imine (C=N–C) groups is 1. The number of amides is 2. The van der Waals surface area contributed by atoms with Crippen molar-refractivity contribution >= 4 is 41.5 Å². The van der Waals surface area contributed by atoms with E-state index in [0.29, 0.717) is 60.8 Å². The number of carbonyl (C=O) groups is 2. The lowest BCUT2D eigenvalue weighted by Gasteiger charge is -2.25. The fourth-order valence-electron chi connectivity index (χ4n) is 6.27. The maximum Gasteiger partial charge on any atom is 0.254 e. The summed E-state index contributed by atoms with van der Waals surface area (Å²) in [6, 6.07) is 15.9. The van der Waals surface area contributed by atoms with Crippen molar-refractivity contribution < 1.29 is 24.0 Å². The summed E-state index contributed by atoms with van der Waals surface area (Å²) in [5.41, 5.74) is 13.5. The van der Waals surface area contributed by atoms with Gasteiger partial charge in [-0.25, -0.2) is 9.97 Å². The SMILES string of the molecule is C=CC.C=NC(=C)C.CC.CCC.Cc1ncsc1-c1ccc(C(C)NC(=O)C2CCCN2C(=O)Cc2cc(OCCCC#Cc3cn4cc(-c5ccccc5O)nc4nc3N)no2)cc1. The highest BCUT2D eigenvalue weighted by molar-refractivity contribution is 7.13. The van der Waals surface area contributed by atoms with Crippen LogP contribution in [0.15, 0.2) is 107 Å². The minimum Gasteiger partial charge on any atom is -0.507 e. The lowest BCUT2D eigenvalue weighted by Crippen LogP contribution is -2.47. The second-order valence-corrected chi connectivity index (χ2v) is 15.7. The Morgan fingerprint density at radius 3 is 2.47 bits per heavy atom. The van der Waals surface area contributed by atoms with Gasteiger partial charge in [-0.2, -0.15) is 4.98 Å². The first-order chi connectivity index (χ1) is 31.8. The zero-order valence-corrected chi connectivity index (χ0v) is 40.5. The molecule has 2 unspecified atom stereocenters. The van der Waals surface area contributed by atoms with Gasteiger partial charge in [0.15, 0.2) is 0 Å². The van der Waals surface area contributed by atoms with E-state index in [1.807, 2.05) is 70.5 Å². The molecule has 2 atom stereocenters. The van der Waals surface area contributed by atoms with Gasteiger partial charge in [0.05, 0.1) is 46.4 Å². The van der Waals surface area contributed by atoms with Gasteiger partial charge in [0, 0.05) is 42.7 Å². The molecule has 6 aromatic rings. The highest BCUT2D eigenvalue weighted by atomic mass is 32.1. The largest absolute Gasteiger partial charge is 0.507 e. The summed E-state index contributed by atoms with van der Waals surface area (Å²) in [4.78, 5) is 45.9. The van der Waals surface area contributed by atoms with E-state index in [0.717, 1.165) is 33.8 Å². The molecule has 1 saturated heterocycles. The van der Waals surface area contributed by atoms with E-state index in [1.165, 1.54) is 6.42 Å². The number of hydrogen-bond acceptors (Lipinski definition) is 12. The highest BCUT2D eigenvalue weighted by Gasteiger charge is 2.35. The molecule has 0 aliphatic carbocycles. The molecule has 4 aromatic heterocycles. The average Bonchev–Trinajstić information content (AvgIpc) is 4.15. The Morgan fingerprint density at radius 2 is 1.83 bits per heavy atom. The number of fused-ring (bicyclic) bond motifs is 1. The number of nitrogens with two attached hydrogens (primary N) is 1. The molecular formula is C51H65N9O5S. The second-order valence-electron chi connectivity index (χ2n) is 14.8. The van der Waals surface area contributed by atoms with Crippen molar-refractivity contribution in [3.8, 4) is 45.2 Å². The van der Waals surface area contributed by atoms with E-state index in [2.05, 4.69) is 76.0 Å². The Labute approximate surface area is 393 Å². The van der Waals surface area contributed by atoms with Crippen molar-refractivity contribution in [2.45, 2.75) is 106 Å². The van der Waals surface area contributed by atoms with Crippen LogP contribution in [-0.2, 0) is 16.0 Å². The number of thiazole rings is 1. The highest BCUT2D eigenvalue weighted by Crippen LogP contribution is 2.30. The number of carbonyl (C=O) groups excluding carboxylic acids is 2. The number of hydrogen-bond donors (Lipinski definition) is 3. The van der Waals surface area contributed by atoms with Crippen molar-refractivity contribution in [3.63, 3.8) is 0 Å². The Balaban J connectivity index is 0.000000796. The van der Waals surface area contributed by atoms with Crippen LogP contribution < -0.4 is 15.8 Å². The smallest absolute Gasteiger partial charge is 0.254 e. The predicted octanol–water partition coefficient (Wildman–Crippen LogP) is 10.6. The van der Waals surface area contributed by atoms with Crippen molar-refractivity contribution in [2.24, 2.45) is 4.99 Å². The maximum absolute atomic E-state index is 13.3. The standard InChI is InChI=1S/C39H38N8O5S.C4H7N.C3H8.C3H6.C2H6/c1-24(26-13-15-27(16-14-26)36-25(2)41-23-53-36)42-38(50)32-11-8-17-47(32)35(49)20-29-19-34(45-52-29)51-18-7-3-4-9-28-21-46-22-31(43-39(46)44-37(28)40)30-10-5-6-12-33(30)48;1-4(2)5-3;2*1-3-2;1-2/h5-6,10,12-16,19,21-24,32,48H,3,7-8,11,17-18,20H2,1-2H3,(H,42,50)(H2,40,43,44);1,3H2,2H3;3H2,1-2H3;3H,1H2,2H3;1-2H3. The summed E-state index contributed by atoms with van der Waals surface area (Å²) >= 11 is 1.60.